The number of benzene rings is 8. The molecule has 0 aliphatic heterocycles. The number of rotatable bonds is 11. The topological polar surface area (TPSA) is 71.1 Å². The Morgan fingerprint density at radius 1 is 0.414 bits per heavy atom. The van der Waals surface area contributed by atoms with Gasteiger partial charge in [0.25, 0.3) is 0 Å². The first-order valence-corrected chi connectivity index (χ1v) is 20.2. The minimum atomic E-state index is -0.811. The van der Waals surface area contributed by atoms with Crippen molar-refractivity contribution in [2.45, 2.75) is 66.2 Å². The van der Waals surface area contributed by atoms with E-state index in [1.165, 1.54) is 11.1 Å². The fourth-order valence-corrected chi connectivity index (χ4v) is 7.82. The molecule has 6 nitrogen and oxygen atoms in total. The third-order valence-corrected chi connectivity index (χ3v) is 10.8. The number of ether oxygens (including phenoxy) is 4. The molecule has 0 aromatic heterocycles. The summed E-state index contributed by atoms with van der Waals surface area (Å²) in [6.07, 6.45) is 4.39. The van der Waals surface area contributed by atoms with Crippen LogP contribution in [0.3, 0.4) is 0 Å². The molecule has 0 fully saturated rings. The van der Waals surface area contributed by atoms with Crippen LogP contribution in [0, 0.1) is 13.8 Å². The van der Waals surface area contributed by atoms with Crippen molar-refractivity contribution in [1.82, 2.24) is 0 Å². The number of fused-ring (bicyclic) bond motifs is 4. The van der Waals surface area contributed by atoms with Crippen LogP contribution in [-0.4, -0.2) is 12.3 Å². The normalized spacial score (nSPS) is 11.3. The van der Waals surface area contributed by atoms with Crippen LogP contribution in [0.25, 0.3) is 54.2 Å². The number of hydrogen-bond acceptors (Lipinski definition) is 6. The maximum absolute atomic E-state index is 13.6. The Balaban J connectivity index is 1.39. The number of unbranched alkanes of at least 4 members (excludes halogenated alkanes) is 2. The van der Waals surface area contributed by atoms with Gasteiger partial charge in [-0.05, 0) is 108 Å². The lowest BCUT2D eigenvalue weighted by Crippen LogP contribution is -2.14. The van der Waals surface area contributed by atoms with Crippen molar-refractivity contribution in [2.24, 2.45) is 0 Å². The van der Waals surface area contributed by atoms with E-state index >= 15 is 0 Å². The minimum Gasteiger partial charge on any atom is -0.395 e. The molecule has 0 saturated carbocycles. The van der Waals surface area contributed by atoms with Crippen molar-refractivity contribution in [2.75, 3.05) is 0 Å². The van der Waals surface area contributed by atoms with Crippen molar-refractivity contribution in [3.8, 4) is 34.1 Å². The van der Waals surface area contributed by atoms with Gasteiger partial charge in [-0.1, -0.05) is 147 Å². The molecule has 8 rings (SSSR count). The molecule has 0 aliphatic rings. The molecular formula is C52H46O6. The minimum absolute atomic E-state index is 0.407. The van der Waals surface area contributed by atoms with Gasteiger partial charge in [0, 0.05) is 21.5 Å². The monoisotopic (exact) mass is 766 g/mol. The molecule has 0 amide bonds. The zero-order valence-corrected chi connectivity index (χ0v) is 33.4. The van der Waals surface area contributed by atoms with E-state index in [1.807, 2.05) is 74.5 Å². The first-order chi connectivity index (χ1) is 28.3. The van der Waals surface area contributed by atoms with Crippen LogP contribution >= 0.6 is 0 Å². The number of carbonyl (C=O) groups excluding carboxylic acids is 2. The molecule has 0 unspecified atom stereocenters. The summed E-state index contributed by atoms with van der Waals surface area (Å²) in [6.45, 7) is 8.35. The summed E-state index contributed by atoms with van der Waals surface area (Å²) in [5.41, 5.74) is 6.51. The second-order valence-electron chi connectivity index (χ2n) is 15.0. The van der Waals surface area contributed by atoms with Gasteiger partial charge in [-0.2, -0.15) is 0 Å². The zero-order valence-electron chi connectivity index (χ0n) is 33.4. The van der Waals surface area contributed by atoms with Crippen LogP contribution in [-0.2, 0) is 12.8 Å². The van der Waals surface area contributed by atoms with Crippen molar-refractivity contribution < 1.29 is 28.5 Å². The first-order valence-electron chi connectivity index (χ1n) is 20.2. The highest BCUT2D eigenvalue weighted by atomic mass is 16.7. The molecule has 0 bridgehead atoms. The van der Waals surface area contributed by atoms with Gasteiger partial charge in [-0.3, -0.25) is 0 Å². The largest absolute Gasteiger partial charge is 0.519 e. The molecule has 8 aromatic rings. The Kier molecular flexibility index (Phi) is 11.1. The van der Waals surface area contributed by atoms with Crippen LogP contribution in [0.4, 0.5) is 9.59 Å². The molecule has 0 N–H and O–H groups in total. The van der Waals surface area contributed by atoms with Crippen LogP contribution in [0.2, 0.25) is 0 Å². The highest BCUT2D eigenvalue weighted by molar-refractivity contribution is 6.27. The van der Waals surface area contributed by atoms with E-state index in [0.717, 1.165) is 104 Å². The second kappa shape index (κ2) is 16.8. The predicted molar refractivity (Wildman–Crippen MR) is 235 cm³/mol. The summed E-state index contributed by atoms with van der Waals surface area (Å²) >= 11 is 0. The third-order valence-electron chi connectivity index (χ3n) is 10.8. The van der Waals surface area contributed by atoms with E-state index in [0.29, 0.717) is 23.0 Å². The lowest BCUT2D eigenvalue weighted by molar-refractivity contribution is 0.152. The van der Waals surface area contributed by atoms with Crippen LogP contribution in [0.5, 0.6) is 23.0 Å². The zero-order chi connectivity index (χ0) is 40.2. The highest BCUT2D eigenvalue weighted by Gasteiger charge is 2.25. The van der Waals surface area contributed by atoms with Gasteiger partial charge in [0.2, 0.25) is 0 Å². The first kappa shape index (κ1) is 38.2. The second-order valence-corrected chi connectivity index (χ2v) is 15.0. The standard InChI is InChI=1S/C52H46O6/c1-5-7-13-35-23-29-43-45(31-35)47(39-15-9-11-17-41(39)49(43)57-51(53)55-37-25-19-33(3)20-26-37)48-40-16-10-12-18-42(40)50(44-30-24-36(14-8-6-2)32-46(44)48)58-52(54)56-38-27-21-34(4)22-28-38/h9-12,15-32H,5-8,13-14H2,1-4H3. The van der Waals surface area contributed by atoms with Gasteiger partial charge >= 0.3 is 12.3 Å². The van der Waals surface area contributed by atoms with Gasteiger partial charge in [0.05, 0.1) is 0 Å². The quantitative estimate of drug-likeness (QED) is 0.0742. The molecule has 0 atom stereocenters. The maximum atomic E-state index is 13.6. The molecule has 58 heavy (non-hydrogen) atoms. The van der Waals surface area contributed by atoms with Gasteiger partial charge in [-0.25, -0.2) is 9.59 Å². The molecule has 0 saturated heterocycles. The van der Waals surface area contributed by atoms with E-state index in [2.05, 4.69) is 62.4 Å². The Bertz CT molecular complexity index is 2610. The lowest BCUT2D eigenvalue weighted by atomic mass is 9.84. The smallest absolute Gasteiger partial charge is 0.395 e. The average molecular weight is 767 g/mol. The fraction of sp³-hybridized carbons (Fsp3) is 0.192. The van der Waals surface area contributed by atoms with Crippen LogP contribution in [0.1, 0.15) is 61.8 Å². The number of hydrogen-bond donors (Lipinski definition) is 0. The van der Waals surface area contributed by atoms with E-state index in [1.54, 1.807) is 24.3 Å². The molecule has 6 heteroatoms. The van der Waals surface area contributed by atoms with Gasteiger partial charge in [0.1, 0.15) is 23.0 Å². The van der Waals surface area contributed by atoms with Gasteiger partial charge < -0.3 is 18.9 Å². The fourth-order valence-electron chi connectivity index (χ4n) is 7.82. The summed E-state index contributed by atoms with van der Waals surface area (Å²) in [5, 5.41) is 6.85. The van der Waals surface area contributed by atoms with Gasteiger partial charge in [-0.15, -0.1) is 0 Å². The highest BCUT2D eigenvalue weighted by Crippen LogP contribution is 2.50. The molecule has 0 radical (unpaired) electrons. The summed E-state index contributed by atoms with van der Waals surface area (Å²) < 4.78 is 23.8. The van der Waals surface area contributed by atoms with Crippen LogP contribution < -0.4 is 18.9 Å². The van der Waals surface area contributed by atoms with Crippen molar-refractivity contribution in [1.29, 1.82) is 0 Å². The van der Waals surface area contributed by atoms with E-state index in [-0.39, 0.29) is 0 Å². The molecule has 290 valence electrons. The lowest BCUT2D eigenvalue weighted by Gasteiger charge is -2.22. The average Bonchev–Trinajstić information content (AvgIpc) is 3.24. The Morgan fingerprint density at radius 3 is 1.16 bits per heavy atom. The summed E-state index contributed by atoms with van der Waals surface area (Å²) in [6, 6.07) is 43.6. The third kappa shape index (κ3) is 7.83. The molecule has 0 aliphatic carbocycles. The van der Waals surface area contributed by atoms with Gasteiger partial charge in [0.15, 0.2) is 0 Å². The molecule has 0 spiro atoms. The predicted octanol–water partition coefficient (Wildman–Crippen LogP) is 14.4. The van der Waals surface area contributed by atoms with Crippen molar-refractivity contribution >= 4 is 55.4 Å². The van der Waals surface area contributed by atoms with Crippen molar-refractivity contribution in [3.63, 3.8) is 0 Å². The van der Waals surface area contributed by atoms with E-state index < -0.39 is 12.3 Å². The van der Waals surface area contributed by atoms with Crippen molar-refractivity contribution in [3.05, 3.63) is 156 Å². The SMILES string of the molecule is CCCCc1ccc2c(OC(=O)Oc3ccc(C)cc3)c3ccccc3c(-c3c4ccccc4c(OC(=O)Oc4ccc(C)cc4)c4ccc(CCCC)cc34)c2c1. The summed E-state index contributed by atoms with van der Waals surface area (Å²) in [4.78, 5) is 27.1. The Labute approximate surface area is 338 Å². The number of carbonyl (C=O) groups is 2. The molecular weight excluding hydrogens is 721 g/mol. The molecule has 0 heterocycles. The maximum Gasteiger partial charge on any atom is 0.519 e. The van der Waals surface area contributed by atoms with E-state index in [9.17, 15) is 9.59 Å². The molecule has 8 aromatic carbocycles. The van der Waals surface area contributed by atoms with E-state index in [4.69, 9.17) is 18.9 Å². The summed E-state index contributed by atoms with van der Waals surface area (Å²) in [5.74, 6) is 1.68. The van der Waals surface area contributed by atoms with Crippen LogP contribution in [0.15, 0.2) is 133 Å². The summed E-state index contributed by atoms with van der Waals surface area (Å²) in [7, 11) is 0. The Hall–Kier alpha value is -6.66. The number of aryl methyl sites for hydroxylation is 4. The Morgan fingerprint density at radius 2 is 0.776 bits per heavy atom.